The lowest BCUT2D eigenvalue weighted by Gasteiger charge is -2.19. The minimum Gasteiger partial charge on any atom is -0.481 e. The lowest BCUT2D eigenvalue weighted by Crippen LogP contribution is -2.33. The van der Waals surface area contributed by atoms with Crippen LogP contribution in [0, 0.1) is 0 Å². The van der Waals surface area contributed by atoms with E-state index in [2.05, 4.69) is 0 Å². The van der Waals surface area contributed by atoms with Gasteiger partial charge in [-0.3, -0.25) is 4.79 Å². The van der Waals surface area contributed by atoms with Gasteiger partial charge in [0, 0.05) is 13.1 Å². The summed E-state index contributed by atoms with van der Waals surface area (Å²) in [5, 5.41) is 9.24. The molecule has 1 N–H and O–H groups in total. The monoisotopic (exact) mass is 269 g/mol. The van der Waals surface area contributed by atoms with Crippen LogP contribution in [0.4, 0.5) is 0 Å². The smallest absolute Gasteiger partial charge is 0.312 e. The molecule has 1 atom stereocenters. The third-order valence-corrected chi connectivity index (χ3v) is 5.01. The quantitative estimate of drug-likeness (QED) is 0.881. The molecule has 2 rings (SSSR count). The summed E-state index contributed by atoms with van der Waals surface area (Å²) in [6, 6.07) is 8.73. The highest BCUT2D eigenvalue weighted by atomic mass is 32.2. The van der Waals surface area contributed by atoms with Crippen molar-refractivity contribution in [2.24, 2.45) is 0 Å². The van der Waals surface area contributed by atoms with E-state index in [-0.39, 0.29) is 12.3 Å². The van der Waals surface area contributed by atoms with E-state index in [1.54, 1.807) is 30.3 Å². The molecule has 0 radical (unpaired) electrons. The Kier molecular flexibility index (Phi) is 3.68. The maximum absolute atomic E-state index is 11.7. The minimum atomic E-state index is -3.25. The number of hydrogen-bond acceptors (Lipinski definition) is 3. The van der Waals surface area contributed by atoms with E-state index >= 15 is 0 Å². The van der Waals surface area contributed by atoms with Gasteiger partial charge in [0.1, 0.15) is 0 Å². The molecule has 1 aliphatic rings. The second-order valence-electron chi connectivity index (χ2n) is 4.33. The van der Waals surface area contributed by atoms with Gasteiger partial charge in [-0.05, 0) is 12.0 Å². The second kappa shape index (κ2) is 5.07. The molecule has 5 nitrogen and oxygen atoms in total. The highest BCUT2D eigenvalue weighted by Gasteiger charge is 2.33. The van der Waals surface area contributed by atoms with Crippen molar-refractivity contribution >= 4 is 16.0 Å². The Morgan fingerprint density at radius 1 is 1.33 bits per heavy atom. The first kappa shape index (κ1) is 13.0. The number of benzene rings is 1. The fourth-order valence-corrected chi connectivity index (χ4v) is 3.65. The summed E-state index contributed by atoms with van der Waals surface area (Å²) >= 11 is 0. The molecule has 1 aliphatic heterocycles. The molecule has 0 spiro atoms. The van der Waals surface area contributed by atoms with Gasteiger partial charge < -0.3 is 5.11 Å². The molecule has 1 aromatic rings. The highest BCUT2D eigenvalue weighted by molar-refractivity contribution is 7.89. The first-order chi connectivity index (χ1) is 8.50. The summed E-state index contributed by atoms with van der Waals surface area (Å²) in [5.41, 5.74) is 0.632. The van der Waals surface area contributed by atoms with E-state index in [1.807, 2.05) is 0 Å². The van der Waals surface area contributed by atoms with Crippen molar-refractivity contribution in [3.8, 4) is 0 Å². The van der Waals surface area contributed by atoms with E-state index < -0.39 is 21.9 Å². The molecule has 1 fully saturated rings. The third kappa shape index (κ3) is 2.70. The maximum Gasteiger partial charge on any atom is 0.312 e. The molecule has 0 aliphatic carbocycles. The molecule has 1 aromatic carbocycles. The number of nitrogens with zero attached hydrogens (tertiary/aromatic N) is 1. The maximum atomic E-state index is 11.7. The third-order valence-electron chi connectivity index (χ3n) is 3.09. The van der Waals surface area contributed by atoms with Gasteiger partial charge in [0.05, 0.1) is 11.7 Å². The Hall–Kier alpha value is -1.40. The van der Waals surface area contributed by atoms with Crippen molar-refractivity contribution in [1.82, 2.24) is 4.31 Å². The number of carboxylic acid groups (broad SMARTS) is 1. The van der Waals surface area contributed by atoms with Crippen LogP contribution in [0.1, 0.15) is 17.9 Å². The van der Waals surface area contributed by atoms with Crippen LogP contribution in [0.25, 0.3) is 0 Å². The Labute approximate surface area is 106 Å². The molecule has 0 bridgehead atoms. The van der Waals surface area contributed by atoms with Crippen molar-refractivity contribution in [3.05, 3.63) is 35.9 Å². The molecule has 0 amide bonds. The first-order valence-electron chi connectivity index (χ1n) is 5.76. The topological polar surface area (TPSA) is 74.7 Å². The van der Waals surface area contributed by atoms with E-state index in [9.17, 15) is 18.3 Å². The fraction of sp³-hybridized carbons (Fsp3) is 0.417. The first-order valence-corrected chi connectivity index (χ1v) is 7.37. The number of rotatable bonds is 4. The largest absolute Gasteiger partial charge is 0.481 e. The molecule has 6 heteroatoms. The summed E-state index contributed by atoms with van der Waals surface area (Å²) in [6.07, 6.45) is 0.573. The zero-order valence-corrected chi connectivity index (χ0v) is 10.6. The van der Waals surface area contributed by atoms with Gasteiger partial charge >= 0.3 is 5.97 Å². The Bertz CT molecular complexity index is 526. The van der Waals surface area contributed by atoms with Gasteiger partial charge in [0.2, 0.25) is 10.0 Å². The van der Waals surface area contributed by atoms with E-state index in [1.165, 1.54) is 4.31 Å². The second-order valence-corrected chi connectivity index (χ2v) is 6.42. The van der Waals surface area contributed by atoms with Crippen LogP contribution in [0.3, 0.4) is 0 Å². The Morgan fingerprint density at radius 2 is 2.00 bits per heavy atom. The zero-order valence-electron chi connectivity index (χ0n) is 9.82. The van der Waals surface area contributed by atoms with Gasteiger partial charge in [-0.2, -0.15) is 0 Å². The standard InChI is InChI=1S/C12H15NO4S/c14-12(15)11(10-5-2-1-3-6-10)9-13-7-4-8-18(13,16)17/h1-3,5-6,11H,4,7-9H2,(H,14,15). The highest BCUT2D eigenvalue weighted by Crippen LogP contribution is 2.22. The molecule has 1 saturated heterocycles. The zero-order chi connectivity index (χ0) is 13.2. The van der Waals surface area contributed by atoms with Crippen molar-refractivity contribution in [3.63, 3.8) is 0 Å². The van der Waals surface area contributed by atoms with Crippen molar-refractivity contribution in [1.29, 1.82) is 0 Å². The molecule has 18 heavy (non-hydrogen) atoms. The van der Waals surface area contributed by atoms with Crippen LogP contribution < -0.4 is 0 Å². The summed E-state index contributed by atoms with van der Waals surface area (Å²) in [7, 11) is -3.25. The molecule has 0 aromatic heterocycles. The normalized spacial score (nSPS) is 20.7. The number of carbonyl (C=O) groups is 1. The SMILES string of the molecule is O=C(O)C(CN1CCCS1(=O)=O)c1ccccc1. The predicted octanol–water partition coefficient (Wildman–Crippen LogP) is 0.890. The van der Waals surface area contributed by atoms with Crippen LogP contribution in [-0.2, 0) is 14.8 Å². The number of hydrogen-bond donors (Lipinski definition) is 1. The average Bonchev–Trinajstić information content (AvgIpc) is 2.66. The van der Waals surface area contributed by atoms with Gasteiger partial charge in [-0.1, -0.05) is 30.3 Å². The van der Waals surface area contributed by atoms with E-state index in [4.69, 9.17) is 0 Å². The van der Waals surface area contributed by atoms with Crippen molar-refractivity contribution in [2.45, 2.75) is 12.3 Å². The molecule has 1 unspecified atom stereocenters. The molecule has 1 heterocycles. The van der Waals surface area contributed by atoms with Crippen LogP contribution in [0.2, 0.25) is 0 Å². The van der Waals surface area contributed by atoms with Crippen LogP contribution >= 0.6 is 0 Å². The summed E-state index contributed by atoms with van der Waals surface area (Å²) < 4.78 is 24.6. The molecular weight excluding hydrogens is 254 g/mol. The minimum absolute atomic E-state index is 0.0156. The number of sulfonamides is 1. The van der Waals surface area contributed by atoms with Gasteiger partial charge in [-0.15, -0.1) is 0 Å². The molecular formula is C12H15NO4S. The van der Waals surface area contributed by atoms with Crippen LogP contribution in [-0.4, -0.2) is 42.6 Å². The number of carboxylic acids is 1. The summed E-state index contributed by atoms with van der Waals surface area (Å²) in [6.45, 7) is 0.431. The average molecular weight is 269 g/mol. The Morgan fingerprint density at radius 3 is 2.50 bits per heavy atom. The lowest BCUT2D eigenvalue weighted by molar-refractivity contribution is -0.139. The van der Waals surface area contributed by atoms with Crippen LogP contribution in [0.15, 0.2) is 30.3 Å². The molecule has 98 valence electrons. The van der Waals surface area contributed by atoms with Crippen molar-refractivity contribution in [2.75, 3.05) is 18.8 Å². The summed E-state index contributed by atoms with van der Waals surface area (Å²) in [4.78, 5) is 11.3. The predicted molar refractivity (Wildman–Crippen MR) is 66.8 cm³/mol. The van der Waals surface area contributed by atoms with Gasteiger partial charge in [0.15, 0.2) is 0 Å². The summed E-state index contributed by atoms with van der Waals surface area (Å²) in [5.74, 6) is -1.68. The molecule has 0 saturated carbocycles. The van der Waals surface area contributed by atoms with E-state index in [0.29, 0.717) is 18.5 Å². The van der Waals surface area contributed by atoms with Gasteiger partial charge in [0.25, 0.3) is 0 Å². The Balaban J connectivity index is 2.21. The van der Waals surface area contributed by atoms with Crippen LogP contribution in [0.5, 0.6) is 0 Å². The van der Waals surface area contributed by atoms with Crippen molar-refractivity contribution < 1.29 is 18.3 Å². The van der Waals surface area contributed by atoms with E-state index in [0.717, 1.165) is 0 Å². The lowest BCUT2D eigenvalue weighted by atomic mass is 9.99. The van der Waals surface area contributed by atoms with Gasteiger partial charge in [-0.25, -0.2) is 12.7 Å². The number of aliphatic carboxylic acids is 1. The fourth-order valence-electron chi connectivity index (χ4n) is 2.11.